The van der Waals surface area contributed by atoms with E-state index in [1.54, 1.807) is 35.6 Å². The van der Waals surface area contributed by atoms with Crippen LogP contribution in [0.2, 0.25) is 0 Å². The fraction of sp³-hybridized carbons (Fsp3) is 0.206. The van der Waals surface area contributed by atoms with Gasteiger partial charge in [-0.15, -0.1) is 0 Å². The van der Waals surface area contributed by atoms with E-state index in [-0.39, 0.29) is 22.4 Å². The fourth-order valence-electron chi connectivity index (χ4n) is 6.56. The first-order chi connectivity index (χ1) is 22.0. The summed E-state index contributed by atoms with van der Waals surface area (Å²) < 4.78 is 26.1. The average molecular weight is 602 g/mol. The van der Waals surface area contributed by atoms with Gasteiger partial charge in [-0.2, -0.15) is 0 Å². The van der Waals surface area contributed by atoms with Crippen molar-refractivity contribution in [2.24, 2.45) is 0 Å². The molecule has 0 bridgehead atoms. The van der Waals surface area contributed by atoms with Gasteiger partial charge in [0.25, 0.3) is 5.91 Å². The van der Waals surface area contributed by atoms with E-state index >= 15 is 4.39 Å². The number of imidazole rings is 1. The summed E-state index contributed by atoms with van der Waals surface area (Å²) >= 11 is 0. The maximum Gasteiger partial charge on any atom is 0.256 e. The van der Waals surface area contributed by atoms with Crippen molar-refractivity contribution < 1.29 is 13.9 Å². The van der Waals surface area contributed by atoms with E-state index < -0.39 is 17.2 Å². The van der Waals surface area contributed by atoms with Crippen molar-refractivity contribution in [2.75, 3.05) is 20.1 Å². The minimum absolute atomic E-state index is 0.0365. The highest BCUT2D eigenvalue weighted by atomic mass is 19.1. The number of benzene rings is 3. The molecule has 1 N–H and O–H groups in total. The molecule has 5 heterocycles. The molecule has 3 aromatic heterocycles. The first-order valence-corrected chi connectivity index (χ1v) is 14.9. The molecule has 2 aliphatic rings. The third-order valence-corrected chi connectivity index (χ3v) is 8.85. The number of amides is 1. The highest BCUT2D eigenvalue weighted by Crippen LogP contribution is 2.46. The minimum atomic E-state index is -0.713. The molecule has 0 spiro atoms. The van der Waals surface area contributed by atoms with Crippen LogP contribution >= 0.6 is 0 Å². The first-order valence-electron chi connectivity index (χ1n) is 14.9. The van der Waals surface area contributed by atoms with Gasteiger partial charge in [0.15, 0.2) is 17.3 Å². The van der Waals surface area contributed by atoms with Gasteiger partial charge in [-0.3, -0.25) is 24.1 Å². The Kier molecular flexibility index (Phi) is 6.42. The molecule has 11 heteroatoms. The standard InChI is InChI=1S/C34H28FN7O3/c1-40-12-4-7-22(40)8-9-39-34(44)24-18-41-27-13-20-5-2-3-6-21(20)14-29(27)45-33-30(41)23(32(24)43)15-25(35)31(33)42-19-37-17-28(42)26-16-36-10-11-38-26/h2-3,5-6,10-11,13-19,22H,4,7-9,12H2,1H3,(H,39,44). The Bertz CT molecular complexity index is 2190. The topological polar surface area (TPSA) is 107 Å². The highest BCUT2D eigenvalue weighted by molar-refractivity contribution is 6.01. The van der Waals surface area contributed by atoms with Crippen molar-refractivity contribution in [3.8, 4) is 34.3 Å². The molecular weight excluding hydrogens is 573 g/mol. The van der Waals surface area contributed by atoms with Gasteiger partial charge in [-0.05, 0) is 61.8 Å². The Morgan fingerprint density at radius 3 is 2.71 bits per heavy atom. The van der Waals surface area contributed by atoms with E-state index in [0.717, 1.165) is 36.6 Å². The summed E-state index contributed by atoms with van der Waals surface area (Å²) in [5.74, 6) is -0.625. The molecule has 8 rings (SSSR count). The monoisotopic (exact) mass is 601 g/mol. The van der Waals surface area contributed by atoms with E-state index in [1.165, 1.54) is 17.0 Å². The molecule has 0 radical (unpaired) electrons. The second-order valence-electron chi connectivity index (χ2n) is 11.5. The number of pyridine rings is 1. The molecule has 1 saturated heterocycles. The molecule has 0 aliphatic carbocycles. The third-order valence-electron chi connectivity index (χ3n) is 8.85. The Balaban J connectivity index is 1.32. The van der Waals surface area contributed by atoms with Gasteiger partial charge in [0, 0.05) is 31.2 Å². The second-order valence-corrected chi connectivity index (χ2v) is 11.5. The van der Waals surface area contributed by atoms with Crippen molar-refractivity contribution in [3.63, 3.8) is 0 Å². The van der Waals surface area contributed by atoms with E-state index in [2.05, 4.69) is 32.2 Å². The van der Waals surface area contributed by atoms with Crippen LogP contribution in [-0.4, -0.2) is 61.1 Å². The Labute approximate surface area is 256 Å². The molecule has 0 saturated carbocycles. The van der Waals surface area contributed by atoms with Crippen molar-refractivity contribution in [3.05, 3.63) is 101 Å². The Hall–Kier alpha value is -5.42. The molecular formula is C34H28FN7O3. The third kappa shape index (κ3) is 4.46. The summed E-state index contributed by atoms with van der Waals surface area (Å²) in [6.07, 6.45) is 12.2. The molecule has 3 aromatic carbocycles. The van der Waals surface area contributed by atoms with Gasteiger partial charge >= 0.3 is 0 Å². The molecule has 1 amide bonds. The van der Waals surface area contributed by atoms with Crippen LogP contribution in [0.15, 0.2) is 84.6 Å². The number of likely N-dealkylation sites (tertiary alicyclic amines) is 1. The van der Waals surface area contributed by atoms with Crippen LogP contribution in [0, 0.1) is 5.82 Å². The number of hydrogen-bond acceptors (Lipinski definition) is 7. The number of ether oxygens (including phenoxy) is 1. The summed E-state index contributed by atoms with van der Waals surface area (Å²) in [5, 5.41) is 4.84. The molecule has 10 nitrogen and oxygen atoms in total. The predicted molar refractivity (Wildman–Crippen MR) is 168 cm³/mol. The molecule has 1 unspecified atom stereocenters. The van der Waals surface area contributed by atoms with E-state index in [0.29, 0.717) is 40.9 Å². The maximum absolute atomic E-state index is 16.3. The number of hydrogen-bond donors (Lipinski definition) is 1. The fourth-order valence-corrected chi connectivity index (χ4v) is 6.56. The van der Waals surface area contributed by atoms with Gasteiger partial charge in [0.05, 0.1) is 35.5 Å². The number of nitrogens with zero attached hydrogens (tertiary/aromatic N) is 6. The normalized spacial score (nSPS) is 15.7. The Morgan fingerprint density at radius 1 is 1.09 bits per heavy atom. The lowest BCUT2D eigenvalue weighted by molar-refractivity contribution is 0.0949. The zero-order valence-electron chi connectivity index (χ0n) is 24.4. The quantitative estimate of drug-likeness (QED) is 0.278. The van der Waals surface area contributed by atoms with E-state index in [9.17, 15) is 9.59 Å². The van der Waals surface area contributed by atoms with Crippen molar-refractivity contribution >= 4 is 27.6 Å². The van der Waals surface area contributed by atoms with E-state index in [1.807, 2.05) is 36.4 Å². The SMILES string of the molecule is CN1CCCC1CCNC(=O)c1cn2c3c(c(-n4cncc4-c4cnccn4)c(F)cc3c1=O)Oc1cc3ccccc3cc1-2. The van der Waals surface area contributed by atoms with Crippen LogP contribution in [0.4, 0.5) is 4.39 Å². The summed E-state index contributed by atoms with van der Waals surface area (Å²) in [4.78, 5) is 42.5. The lowest BCUT2D eigenvalue weighted by Gasteiger charge is -2.27. The maximum atomic E-state index is 16.3. The molecule has 45 heavy (non-hydrogen) atoms. The minimum Gasteiger partial charge on any atom is -0.451 e. The summed E-state index contributed by atoms with van der Waals surface area (Å²) in [6, 6.07) is 13.2. The number of nitrogens with one attached hydrogen (secondary N) is 1. The number of rotatable bonds is 6. The van der Waals surface area contributed by atoms with Crippen LogP contribution in [0.5, 0.6) is 11.5 Å². The summed E-state index contributed by atoms with van der Waals surface area (Å²) in [6.45, 7) is 1.47. The molecule has 224 valence electrons. The number of carbonyl (C=O) groups is 1. The Morgan fingerprint density at radius 2 is 1.93 bits per heavy atom. The van der Waals surface area contributed by atoms with Crippen molar-refractivity contribution in [1.29, 1.82) is 0 Å². The van der Waals surface area contributed by atoms with Gasteiger partial charge in [0.2, 0.25) is 5.43 Å². The van der Waals surface area contributed by atoms with Crippen LogP contribution in [0.3, 0.4) is 0 Å². The largest absolute Gasteiger partial charge is 0.451 e. The van der Waals surface area contributed by atoms with Crippen LogP contribution in [0.1, 0.15) is 29.6 Å². The van der Waals surface area contributed by atoms with Crippen LogP contribution < -0.4 is 15.5 Å². The first kappa shape index (κ1) is 27.2. The van der Waals surface area contributed by atoms with Crippen LogP contribution in [0.25, 0.3) is 44.4 Å². The summed E-state index contributed by atoms with van der Waals surface area (Å²) in [7, 11) is 2.09. The van der Waals surface area contributed by atoms with Gasteiger partial charge in [-0.1, -0.05) is 24.3 Å². The van der Waals surface area contributed by atoms with Gasteiger partial charge in [0.1, 0.15) is 22.5 Å². The number of carbonyl (C=O) groups excluding carboxylic acids is 1. The van der Waals surface area contributed by atoms with Crippen molar-refractivity contribution in [2.45, 2.75) is 25.3 Å². The average Bonchev–Trinajstić information content (AvgIpc) is 3.70. The molecule has 1 fully saturated rings. The number of aromatic nitrogens is 5. The molecule has 6 aromatic rings. The van der Waals surface area contributed by atoms with Gasteiger partial charge in [-0.25, -0.2) is 9.37 Å². The predicted octanol–water partition coefficient (Wildman–Crippen LogP) is 5.25. The highest BCUT2D eigenvalue weighted by Gasteiger charge is 2.30. The zero-order chi connectivity index (χ0) is 30.7. The number of halogens is 1. The smallest absolute Gasteiger partial charge is 0.256 e. The summed E-state index contributed by atoms with van der Waals surface area (Å²) in [5.41, 5.74) is 1.37. The lowest BCUT2D eigenvalue weighted by atomic mass is 10.0. The zero-order valence-corrected chi connectivity index (χ0v) is 24.4. The van der Waals surface area contributed by atoms with Gasteiger partial charge < -0.3 is 19.5 Å². The number of fused-ring (bicyclic) bond motifs is 3. The molecule has 2 aliphatic heterocycles. The van der Waals surface area contributed by atoms with E-state index in [4.69, 9.17) is 4.74 Å². The van der Waals surface area contributed by atoms with Crippen molar-refractivity contribution in [1.82, 2.24) is 34.3 Å². The second kappa shape index (κ2) is 10.6. The van der Waals surface area contributed by atoms with Crippen LogP contribution in [-0.2, 0) is 0 Å². The lowest BCUT2D eigenvalue weighted by Crippen LogP contribution is -2.34. The molecule has 1 atom stereocenters.